The van der Waals surface area contributed by atoms with Crippen molar-refractivity contribution in [3.05, 3.63) is 56.2 Å². The molecular formula is C32H38N4O8S2. The molecule has 0 spiro atoms. The van der Waals surface area contributed by atoms with Gasteiger partial charge < -0.3 is 34.9 Å². The van der Waals surface area contributed by atoms with E-state index in [1.807, 2.05) is 12.3 Å². The smallest absolute Gasteiger partial charge is 0.350 e. The van der Waals surface area contributed by atoms with Crippen LogP contribution in [0.3, 0.4) is 0 Å². The van der Waals surface area contributed by atoms with Crippen LogP contribution in [0.2, 0.25) is 0 Å². The summed E-state index contributed by atoms with van der Waals surface area (Å²) in [7, 11) is 5.89. The molecule has 46 heavy (non-hydrogen) atoms. The van der Waals surface area contributed by atoms with Crippen LogP contribution >= 0.6 is 23.1 Å². The van der Waals surface area contributed by atoms with Gasteiger partial charge in [0.2, 0.25) is 23.0 Å². The number of carbonyl (C=O) groups excluding carboxylic acids is 3. The summed E-state index contributed by atoms with van der Waals surface area (Å²) in [5.41, 5.74) is 3.19. The normalized spacial score (nSPS) is 14.1. The van der Waals surface area contributed by atoms with Crippen LogP contribution in [0.5, 0.6) is 17.2 Å². The highest BCUT2D eigenvalue weighted by Crippen LogP contribution is 2.50. The maximum Gasteiger partial charge on any atom is 0.350 e. The van der Waals surface area contributed by atoms with E-state index in [2.05, 4.69) is 20.9 Å². The SMILES string of the molecule is COC(=O)c1sc(NC(=O)[C@H](CCSC)Nc2ccc3c(cc2=O)[C@@H](NC(C)=O)CCc2cc(OC)c(OC)c(OC)c2-3)nc1C. The zero-order chi connectivity index (χ0) is 33.5. The number of methoxy groups -OCH3 is 4. The molecule has 2 amide bonds. The van der Waals surface area contributed by atoms with Gasteiger partial charge >= 0.3 is 5.97 Å². The van der Waals surface area contributed by atoms with Gasteiger partial charge in [-0.3, -0.25) is 14.4 Å². The summed E-state index contributed by atoms with van der Waals surface area (Å²) in [5, 5.41) is 9.17. The molecule has 3 aromatic rings. The predicted molar refractivity (Wildman–Crippen MR) is 180 cm³/mol. The van der Waals surface area contributed by atoms with Crippen molar-refractivity contribution in [1.82, 2.24) is 10.3 Å². The molecule has 0 saturated heterocycles. The molecule has 246 valence electrons. The van der Waals surface area contributed by atoms with Gasteiger partial charge in [0.25, 0.3) is 0 Å². The van der Waals surface area contributed by atoms with Gasteiger partial charge in [0.05, 0.1) is 45.9 Å². The number of anilines is 2. The second-order valence-corrected chi connectivity index (χ2v) is 12.5. The van der Waals surface area contributed by atoms with Crippen molar-refractivity contribution < 1.29 is 33.3 Å². The number of thioether (sulfide) groups is 1. The van der Waals surface area contributed by atoms with Crippen LogP contribution in [0.15, 0.2) is 29.1 Å². The van der Waals surface area contributed by atoms with Crippen LogP contribution < -0.4 is 35.6 Å². The second kappa shape index (κ2) is 15.3. The summed E-state index contributed by atoms with van der Waals surface area (Å²) < 4.78 is 21.9. The number of esters is 1. The number of hydrogen-bond acceptors (Lipinski definition) is 12. The Labute approximate surface area is 275 Å². The molecule has 0 radical (unpaired) electrons. The fourth-order valence-corrected chi connectivity index (χ4v) is 6.80. The fraction of sp³-hybridized carbons (Fsp3) is 0.406. The number of amides is 2. The van der Waals surface area contributed by atoms with Crippen LogP contribution in [0.25, 0.3) is 11.1 Å². The molecule has 3 N–H and O–H groups in total. The molecule has 0 fully saturated rings. The number of thiazole rings is 1. The quantitative estimate of drug-likeness (QED) is 0.232. The summed E-state index contributed by atoms with van der Waals surface area (Å²) >= 11 is 2.58. The molecule has 0 aliphatic heterocycles. The van der Waals surface area contributed by atoms with E-state index in [-0.39, 0.29) is 22.2 Å². The highest BCUT2D eigenvalue weighted by atomic mass is 32.2. The van der Waals surface area contributed by atoms with Gasteiger partial charge in [-0.15, -0.1) is 0 Å². The van der Waals surface area contributed by atoms with Gasteiger partial charge in [-0.1, -0.05) is 17.4 Å². The zero-order valence-electron chi connectivity index (χ0n) is 26.8. The molecule has 12 nitrogen and oxygen atoms in total. The molecule has 1 aliphatic rings. The van der Waals surface area contributed by atoms with Crippen LogP contribution in [0, 0.1) is 6.92 Å². The summed E-state index contributed by atoms with van der Waals surface area (Å²) in [5.74, 6) is 0.803. The number of rotatable bonds is 12. The number of ether oxygens (including phenoxy) is 4. The molecule has 0 bridgehead atoms. The summed E-state index contributed by atoms with van der Waals surface area (Å²) in [6.45, 7) is 3.10. The monoisotopic (exact) mass is 670 g/mol. The maximum absolute atomic E-state index is 13.8. The highest BCUT2D eigenvalue weighted by molar-refractivity contribution is 7.98. The molecule has 2 atom stereocenters. The Kier molecular flexibility index (Phi) is 11.5. The molecule has 2 aromatic carbocycles. The van der Waals surface area contributed by atoms with E-state index >= 15 is 0 Å². The van der Waals surface area contributed by atoms with E-state index in [9.17, 15) is 19.2 Å². The predicted octanol–water partition coefficient (Wildman–Crippen LogP) is 4.59. The number of aryl methyl sites for hydroxylation is 2. The standard InChI is InChI=1S/C32H38N4O8S2/c1-16-29(31(40)44-6)46-32(33-16)36-30(39)23(12-13-45-7)35-22-11-9-19-20(15-24(22)38)21(34-17(2)37)10-8-18-14-25(41-3)27(42-4)28(43-5)26(18)19/h9,11,14-15,21,23H,8,10,12-13H2,1-7H3,(H,34,37)(H,35,38)(H,33,36,39)/t21-,23-/m0/s1. The van der Waals surface area contributed by atoms with E-state index < -0.39 is 24.0 Å². The molecule has 4 rings (SSSR count). The third-order valence-corrected chi connectivity index (χ3v) is 9.27. The van der Waals surface area contributed by atoms with E-state index in [0.29, 0.717) is 64.0 Å². The number of hydrogen-bond donors (Lipinski definition) is 3. The van der Waals surface area contributed by atoms with Crippen LogP contribution in [-0.4, -0.2) is 69.3 Å². The first-order chi connectivity index (χ1) is 22.1. The third-order valence-electron chi connectivity index (χ3n) is 7.57. The number of fused-ring (bicyclic) bond motifs is 3. The van der Waals surface area contributed by atoms with Crippen molar-refractivity contribution in [3.8, 4) is 28.4 Å². The Morgan fingerprint density at radius 1 is 1.09 bits per heavy atom. The first-order valence-electron chi connectivity index (χ1n) is 14.5. The largest absolute Gasteiger partial charge is 0.493 e. The van der Waals surface area contributed by atoms with E-state index in [1.165, 1.54) is 34.3 Å². The minimum Gasteiger partial charge on any atom is -0.493 e. The zero-order valence-corrected chi connectivity index (χ0v) is 28.5. The minimum atomic E-state index is -0.801. The molecule has 14 heteroatoms. The number of carbonyl (C=O) groups is 3. The summed E-state index contributed by atoms with van der Waals surface area (Å²) in [6, 6.07) is 5.55. The topological polar surface area (TPSA) is 154 Å². The molecule has 1 heterocycles. The van der Waals surface area contributed by atoms with Crippen molar-refractivity contribution in [1.29, 1.82) is 0 Å². The van der Waals surface area contributed by atoms with Gasteiger partial charge in [-0.05, 0) is 73.1 Å². The summed E-state index contributed by atoms with van der Waals surface area (Å²) in [6.07, 6.45) is 3.42. The lowest BCUT2D eigenvalue weighted by molar-refractivity contribution is -0.120. The molecule has 1 aromatic heterocycles. The van der Waals surface area contributed by atoms with Crippen LogP contribution in [-0.2, 0) is 20.7 Å². The van der Waals surface area contributed by atoms with Crippen molar-refractivity contribution in [3.63, 3.8) is 0 Å². The minimum absolute atomic E-state index is 0.197. The average Bonchev–Trinajstić information content (AvgIpc) is 3.24. The van der Waals surface area contributed by atoms with E-state index in [1.54, 1.807) is 37.9 Å². The lowest BCUT2D eigenvalue weighted by Gasteiger charge is -2.19. The Balaban J connectivity index is 1.80. The van der Waals surface area contributed by atoms with E-state index in [4.69, 9.17) is 18.9 Å². The van der Waals surface area contributed by atoms with Crippen molar-refractivity contribution in [2.24, 2.45) is 0 Å². The number of nitrogens with zero attached hydrogens (tertiary/aromatic N) is 1. The Hall–Kier alpha value is -4.30. The average molecular weight is 671 g/mol. The van der Waals surface area contributed by atoms with Gasteiger partial charge in [0.15, 0.2) is 16.6 Å². The van der Waals surface area contributed by atoms with Crippen molar-refractivity contribution in [2.75, 3.05) is 51.1 Å². The second-order valence-electron chi connectivity index (χ2n) is 10.5. The highest BCUT2D eigenvalue weighted by Gasteiger charge is 2.30. The van der Waals surface area contributed by atoms with E-state index in [0.717, 1.165) is 22.5 Å². The third kappa shape index (κ3) is 7.39. The Morgan fingerprint density at radius 2 is 1.83 bits per heavy atom. The molecular weight excluding hydrogens is 633 g/mol. The number of aromatic nitrogens is 1. The Bertz CT molecular complexity index is 1690. The van der Waals surface area contributed by atoms with Crippen molar-refractivity contribution >= 4 is 51.7 Å². The van der Waals surface area contributed by atoms with Crippen LogP contribution in [0.4, 0.5) is 10.8 Å². The molecule has 0 unspecified atom stereocenters. The maximum atomic E-state index is 13.8. The molecule has 0 saturated carbocycles. The lowest BCUT2D eigenvalue weighted by atomic mass is 9.95. The van der Waals surface area contributed by atoms with Crippen LogP contribution in [0.1, 0.15) is 52.3 Å². The van der Waals surface area contributed by atoms with Crippen molar-refractivity contribution in [2.45, 2.75) is 45.2 Å². The fourth-order valence-electron chi connectivity index (χ4n) is 5.44. The summed E-state index contributed by atoms with van der Waals surface area (Å²) in [4.78, 5) is 56.2. The first kappa shape index (κ1) is 34.6. The van der Waals surface area contributed by atoms with Gasteiger partial charge in [-0.25, -0.2) is 9.78 Å². The van der Waals surface area contributed by atoms with Gasteiger partial charge in [-0.2, -0.15) is 11.8 Å². The molecule has 1 aliphatic carbocycles. The van der Waals surface area contributed by atoms with Gasteiger partial charge in [0.1, 0.15) is 10.9 Å². The first-order valence-corrected chi connectivity index (χ1v) is 16.7. The number of nitrogens with one attached hydrogen (secondary N) is 3. The Morgan fingerprint density at radius 3 is 2.46 bits per heavy atom. The van der Waals surface area contributed by atoms with Gasteiger partial charge in [0, 0.05) is 12.5 Å². The lowest BCUT2D eigenvalue weighted by Crippen LogP contribution is -2.36. The number of benzene rings is 1.